The van der Waals surface area contributed by atoms with Crippen LogP contribution in [0.2, 0.25) is 0 Å². The van der Waals surface area contributed by atoms with Crippen LogP contribution in [0.1, 0.15) is 0 Å². The van der Waals surface area contributed by atoms with Gasteiger partial charge in [-0.15, -0.1) is 4.39 Å². The van der Waals surface area contributed by atoms with Crippen molar-refractivity contribution in [3.63, 3.8) is 0 Å². The molecule has 1 aromatic carbocycles. The quantitative estimate of drug-likeness (QED) is 0.610. The Bertz CT molecular complexity index is 336. The second-order valence-corrected chi connectivity index (χ2v) is 2.68. The van der Waals surface area contributed by atoms with Gasteiger partial charge < -0.3 is 9.47 Å². The number of para-hydroxylation sites is 2. The number of rotatable bonds is 0. The first-order valence-corrected chi connectivity index (χ1v) is 3.65. The summed E-state index contributed by atoms with van der Waals surface area (Å²) in [5.41, 5.74) is 0. The molecule has 2 nitrogen and oxygen atoms in total. The first-order chi connectivity index (χ1) is 6.42. The number of fused-ring (bicyclic) bond motifs is 1. The molecule has 0 radical (unpaired) electrons. The topological polar surface area (TPSA) is 18.5 Å². The van der Waals surface area contributed by atoms with Crippen molar-refractivity contribution in [1.29, 1.82) is 0 Å². The first-order valence-electron chi connectivity index (χ1n) is 3.65. The van der Waals surface area contributed by atoms with Crippen molar-refractivity contribution in [2.24, 2.45) is 0 Å². The van der Waals surface area contributed by atoms with Crippen LogP contribution in [0.4, 0.5) is 17.6 Å². The van der Waals surface area contributed by atoms with Crippen LogP contribution >= 0.6 is 0 Å². The summed E-state index contributed by atoms with van der Waals surface area (Å²) in [5, 5.41) is 0. The highest BCUT2D eigenvalue weighted by Gasteiger charge is 2.66. The molecule has 0 fully saturated rings. The average Bonchev–Trinajstić information content (AvgIpc) is 2.40. The molecule has 0 unspecified atom stereocenters. The fraction of sp³-hybridized carbons (Fsp3) is 0.250. The third kappa shape index (κ3) is 1.18. The van der Waals surface area contributed by atoms with E-state index in [0.717, 1.165) is 0 Å². The van der Waals surface area contributed by atoms with Gasteiger partial charge in [-0.05, 0) is 12.1 Å². The zero-order chi connectivity index (χ0) is 10.4. The molecule has 14 heavy (non-hydrogen) atoms. The fourth-order valence-corrected chi connectivity index (χ4v) is 1.04. The van der Waals surface area contributed by atoms with E-state index in [4.69, 9.17) is 0 Å². The summed E-state index contributed by atoms with van der Waals surface area (Å²) in [4.78, 5) is 0. The lowest BCUT2D eigenvalue weighted by atomic mass is 10.3. The van der Waals surface area contributed by atoms with E-state index in [1.165, 1.54) is 24.3 Å². The Kier molecular flexibility index (Phi) is 1.64. The third-order valence-corrected chi connectivity index (χ3v) is 1.67. The molecule has 0 bridgehead atoms. The Morgan fingerprint density at radius 2 is 1.43 bits per heavy atom. The van der Waals surface area contributed by atoms with Gasteiger partial charge in [0.15, 0.2) is 11.5 Å². The minimum atomic E-state index is -5.22. The van der Waals surface area contributed by atoms with Gasteiger partial charge in [-0.3, -0.25) is 0 Å². The van der Waals surface area contributed by atoms with Crippen molar-refractivity contribution < 1.29 is 27.0 Å². The highest BCUT2D eigenvalue weighted by Crippen LogP contribution is 2.46. The molecular weight excluding hydrogens is 204 g/mol. The number of hydrogen-bond donors (Lipinski definition) is 0. The number of benzene rings is 1. The van der Waals surface area contributed by atoms with E-state index in [2.05, 4.69) is 9.47 Å². The maximum Gasteiger partial charge on any atom is 0.510 e. The van der Waals surface area contributed by atoms with Crippen LogP contribution in [-0.2, 0) is 0 Å². The highest BCUT2D eigenvalue weighted by molar-refractivity contribution is 5.42. The number of ether oxygens (including phenoxy) is 2. The van der Waals surface area contributed by atoms with Gasteiger partial charge in [-0.2, -0.15) is 13.2 Å². The second-order valence-electron chi connectivity index (χ2n) is 2.68. The van der Waals surface area contributed by atoms with Crippen molar-refractivity contribution in [3.8, 4) is 11.5 Å². The van der Waals surface area contributed by atoms with Crippen LogP contribution in [0.3, 0.4) is 0 Å². The van der Waals surface area contributed by atoms with Gasteiger partial charge in [0, 0.05) is 0 Å². The summed E-state index contributed by atoms with van der Waals surface area (Å²) in [5.74, 6) is -0.514. The molecule has 6 heteroatoms. The number of hydrogen-bond acceptors (Lipinski definition) is 2. The molecule has 1 aliphatic heterocycles. The van der Waals surface area contributed by atoms with Crippen LogP contribution in [0.15, 0.2) is 24.3 Å². The van der Waals surface area contributed by atoms with E-state index in [1.807, 2.05) is 0 Å². The molecule has 0 N–H and O–H groups in total. The summed E-state index contributed by atoms with van der Waals surface area (Å²) >= 11 is 0. The van der Waals surface area contributed by atoms with Crippen molar-refractivity contribution in [2.75, 3.05) is 0 Å². The smallest absolute Gasteiger partial charge is 0.416 e. The fourth-order valence-electron chi connectivity index (χ4n) is 1.04. The van der Waals surface area contributed by atoms with E-state index < -0.39 is 12.2 Å². The predicted molar refractivity (Wildman–Crippen MR) is 37.6 cm³/mol. The van der Waals surface area contributed by atoms with Crippen LogP contribution in [-0.4, -0.2) is 12.2 Å². The Labute approximate surface area is 76.0 Å². The summed E-state index contributed by atoms with van der Waals surface area (Å²) in [6.07, 6.45) is -5.22. The Morgan fingerprint density at radius 1 is 1.00 bits per heavy atom. The van der Waals surface area contributed by atoms with E-state index in [9.17, 15) is 17.6 Å². The summed E-state index contributed by atoms with van der Waals surface area (Å²) in [7, 11) is 0. The predicted octanol–water partition coefficient (Wildman–Crippen LogP) is 2.64. The van der Waals surface area contributed by atoms with E-state index >= 15 is 0 Å². The molecule has 76 valence electrons. The standard InChI is InChI=1S/C8H4F4O2/c9-7(10,11)8(12)13-5-3-1-2-4-6(5)14-8/h1-4H. The summed E-state index contributed by atoms with van der Waals surface area (Å²) in [6.45, 7) is 0. The van der Waals surface area contributed by atoms with Gasteiger partial charge in [-0.25, -0.2) is 0 Å². The van der Waals surface area contributed by atoms with Crippen LogP contribution < -0.4 is 9.47 Å². The highest BCUT2D eigenvalue weighted by atomic mass is 19.4. The second kappa shape index (κ2) is 2.52. The maximum absolute atomic E-state index is 13.0. The van der Waals surface area contributed by atoms with Crippen molar-refractivity contribution in [3.05, 3.63) is 24.3 Å². The molecule has 0 saturated heterocycles. The van der Waals surface area contributed by atoms with Crippen LogP contribution in [0, 0.1) is 0 Å². The molecule has 1 aromatic rings. The summed E-state index contributed by atoms with van der Waals surface area (Å²) < 4.78 is 57.4. The van der Waals surface area contributed by atoms with Gasteiger partial charge in [0.05, 0.1) is 0 Å². The molecule has 0 spiro atoms. The molecular formula is C8H4F4O2. The minimum Gasteiger partial charge on any atom is -0.416 e. The molecule has 0 aromatic heterocycles. The van der Waals surface area contributed by atoms with Gasteiger partial charge in [0.2, 0.25) is 0 Å². The van der Waals surface area contributed by atoms with Gasteiger partial charge in [-0.1, -0.05) is 12.1 Å². The van der Waals surface area contributed by atoms with E-state index in [0.29, 0.717) is 0 Å². The molecule has 0 aliphatic carbocycles. The maximum atomic E-state index is 13.0. The Balaban J connectivity index is 2.35. The first kappa shape index (κ1) is 9.11. The molecule has 1 heterocycles. The molecule has 2 rings (SSSR count). The van der Waals surface area contributed by atoms with Crippen molar-refractivity contribution in [1.82, 2.24) is 0 Å². The van der Waals surface area contributed by atoms with Gasteiger partial charge >= 0.3 is 12.2 Å². The third-order valence-electron chi connectivity index (χ3n) is 1.67. The van der Waals surface area contributed by atoms with Crippen LogP contribution in [0.5, 0.6) is 11.5 Å². The molecule has 0 atom stereocenters. The lowest BCUT2D eigenvalue weighted by molar-refractivity contribution is -0.368. The minimum absolute atomic E-state index is 0.257. The largest absolute Gasteiger partial charge is 0.510 e. The zero-order valence-electron chi connectivity index (χ0n) is 6.64. The molecule has 1 aliphatic rings. The van der Waals surface area contributed by atoms with E-state index in [-0.39, 0.29) is 11.5 Å². The van der Waals surface area contributed by atoms with Crippen molar-refractivity contribution >= 4 is 0 Å². The molecule has 0 amide bonds. The molecule has 0 saturated carbocycles. The lowest BCUT2D eigenvalue weighted by Crippen LogP contribution is -2.48. The van der Waals surface area contributed by atoms with Crippen LogP contribution in [0.25, 0.3) is 0 Å². The monoisotopic (exact) mass is 208 g/mol. The number of halogens is 4. The summed E-state index contributed by atoms with van der Waals surface area (Å²) in [6, 6.07) is 1.18. The Hall–Kier alpha value is -1.46. The number of alkyl halides is 4. The van der Waals surface area contributed by atoms with Crippen molar-refractivity contribution in [2.45, 2.75) is 12.2 Å². The van der Waals surface area contributed by atoms with E-state index in [1.54, 1.807) is 0 Å². The normalized spacial score (nSPS) is 18.3. The van der Waals surface area contributed by atoms with Gasteiger partial charge in [0.1, 0.15) is 0 Å². The SMILES string of the molecule is FC(F)(F)C1(F)Oc2ccccc2O1. The average molecular weight is 208 g/mol. The lowest BCUT2D eigenvalue weighted by Gasteiger charge is -2.19. The zero-order valence-corrected chi connectivity index (χ0v) is 6.64. The Morgan fingerprint density at radius 3 is 1.79 bits per heavy atom. The van der Waals surface area contributed by atoms with Gasteiger partial charge in [0.25, 0.3) is 0 Å².